The molecule has 2 aromatic rings. The highest BCUT2D eigenvalue weighted by Crippen LogP contribution is 2.29. The Labute approximate surface area is 114 Å². The number of aromatic nitrogens is 1. The first-order valence-corrected chi connectivity index (χ1v) is 6.24. The maximum absolute atomic E-state index is 10.7. The second-order valence-corrected chi connectivity index (χ2v) is 4.84. The maximum Gasteiger partial charge on any atom is 0.151 e. The van der Waals surface area contributed by atoms with Crippen molar-refractivity contribution in [2.24, 2.45) is 0 Å². The summed E-state index contributed by atoms with van der Waals surface area (Å²) in [5.41, 5.74) is 2.70. The normalized spacial score (nSPS) is 10.2. The van der Waals surface area contributed by atoms with Gasteiger partial charge in [0.2, 0.25) is 0 Å². The molecular formula is C14H12BrNO2. The monoisotopic (exact) mass is 305 g/mol. The Morgan fingerprint density at radius 1 is 1.11 bits per heavy atom. The number of aldehydes is 1. The van der Waals surface area contributed by atoms with Gasteiger partial charge in [-0.05, 0) is 43.2 Å². The predicted octanol–water partition coefficient (Wildman–Crippen LogP) is 4.07. The predicted molar refractivity (Wildman–Crippen MR) is 73.3 cm³/mol. The summed E-state index contributed by atoms with van der Waals surface area (Å²) < 4.78 is 6.77. The molecule has 0 saturated carbocycles. The number of pyridine rings is 1. The molecule has 0 spiro atoms. The summed E-state index contributed by atoms with van der Waals surface area (Å²) in [6.07, 6.45) is 3.83. The minimum atomic E-state index is 0.498. The van der Waals surface area contributed by atoms with E-state index in [1.807, 2.05) is 26.0 Å². The summed E-state index contributed by atoms with van der Waals surface area (Å²) in [4.78, 5) is 14.6. The van der Waals surface area contributed by atoms with Crippen LogP contribution < -0.4 is 4.74 Å². The van der Waals surface area contributed by atoms with Gasteiger partial charge in [-0.1, -0.05) is 15.9 Å². The Bertz CT molecular complexity index is 573. The van der Waals surface area contributed by atoms with Crippen LogP contribution in [0.5, 0.6) is 11.5 Å². The lowest BCUT2D eigenvalue weighted by molar-refractivity contribution is 0.112. The minimum Gasteiger partial charge on any atom is -0.456 e. The first-order valence-electron chi connectivity index (χ1n) is 5.45. The van der Waals surface area contributed by atoms with Crippen LogP contribution in [0.3, 0.4) is 0 Å². The molecule has 92 valence electrons. The van der Waals surface area contributed by atoms with Crippen molar-refractivity contribution in [1.82, 2.24) is 4.98 Å². The van der Waals surface area contributed by atoms with Crippen LogP contribution in [0.1, 0.15) is 21.5 Å². The van der Waals surface area contributed by atoms with Crippen LogP contribution in [-0.4, -0.2) is 11.3 Å². The van der Waals surface area contributed by atoms with Crippen LogP contribution in [-0.2, 0) is 0 Å². The summed E-state index contributed by atoms with van der Waals surface area (Å²) >= 11 is 3.51. The van der Waals surface area contributed by atoms with Crippen LogP contribution in [0, 0.1) is 13.8 Å². The van der Waals surface area contributed by atoms with Gasteiger partial charge in [0.05, 0.1) is 6.20 Å². The topological polar surface area (TPSA) is 39.2 Å². The van der Waals surface area contributed by atoms with E-state index in [0.717, 1.165) is 27.6 Å². The molecular weight excluding hydrogens is 294 g/mol. The third kappa shape index (κ3) is 2.76. The van der Waals surface area contributed by atoms with Gasteiger partial charge < -0.3 is 4.74 Å². The van der Waals surface area contributed by atoms with Gasteiger partial charge >= 0.3 is 0 Å². The highest BCUT2D eigenvalue weighted by Gasteiger charge is 2.05. The number of carbonyl (C=O) groups excluding carboxylic acids is 1. The van der Waals surface area contributed by atoms with E-state index in [-0.39, 0.29) is 0 Å². The van der Waals surface area contributed by atoms with Gasteiger partial charge in [-0.3, -0.25) is 9.78 Å². The summed E-state index contributed by atoms with van der Waals surface area (Å²) in [5.74, 6) is 1.29. The van der Waals surface area contributed by atoms with E-state index < -0.39 is 0 Å². The molecule has 0 aliphatic heterocycles. The number of ether oxygens (including phenoxy) is 1. The molecule has 1 heterocycles. The molecule has 0 amide bonds. The molecule has 1 aromatic heterocycles. The second kappa shape index (κ2) is 5.31. The molecule has 0 saturated heterocycles. The summed E-state index contributed by atoms with van der Waals surface area (Å²) in [7, 11) is 0. The largest absolute Gasteiger partial charge is 0.456 e. The minimum absolute atomic E-state index is 0.498. The zero-order chi connectivity index (χ0) is 13.1. The maximum atomic E-state index is 10.7. The van der Waals surface area contributed by atoms with Crippen LogP contribution in [0.2, 0.25) is 0 Å². The van der Waals surface area contributed by atoms with Gasteiger partial charge in [-0.25, -0.2) is 0 Å². The number of hydrogen-bond acceptors (Lipinski definition) is 3. The molecule has 0 atom stereocenters. The molecule has 2 rings (SSSR count). The highest BCUT2D eigenvalue weighted by atomic mass is 79.9. The lowest BCUT2D eigenvalue weighted by atomic mass is 10.1. The lowest BCUT2D eigenvalue weighted by Crippen LogP contribution is -1.90. The summed E-state index contributed by atoms with van der Waals surface area (Å²) in [6, 6.07) is 5.53. The Balaban J connectivity index is 2.31. The third-order valence-corrected chi connectivity index (χ3v) is 3.77. The molecule has 4 heteroatoms. The molecule has 0 radical (unpaired) electrons. The van der Waals surface area contributed by atoms with Crippen molar-refractivity contribution >= 4 is 22.2 Å². The molecule has 0 fully saturated rings. The van der Waals surface area contributed by atoms with E-state index in [9.17, 15) is 4.79 Å². The van der Waals surface area contributed by atoms with Crippen LogP contribution in [0.25, 0.3) is 0 Å². The van der Waals surface area contributed by atoms with E-state index in [1.165, 1.54) is 6.20 Å². The van der Waals surface area contributed by atoms with Crippen LogP contribution >= 0.6 is 15.9 Å². The first-order chi connectivity index (χ1) is 8.60. The molecule has 1 aromatic carbocycles. The van der Waals surface area contributed by atoms with Crippen molar-refractivity contribution < 1.29 is 9.53 Å². The fraction of sp³-hybridized carbons (Fsp3) is 0.143. The zero-order valence-electron chi connectivity index (χ0n) is 10.1. The third-order valence-electron chi connectivity index (χ3n) is 2.52. The number of halogens is 1. The Kier molecular flexibility index (Phi) is 3.77. The van der Waals surface area contributed by atoms with Gasteiger partial charge in [0.1, 0.15) is 11.5 Å². The Morgan fingerprint density at radius 3 is 2.39 bits per heavy atom. The first kappa shape index (κ1) is 12.8. The number of benzene rings is 1. The van der Waals surface area contributed by atoms with Crippen molar-refractivity contribution in [3.63, 3.8) is 0 Å². The van der Waals surface area contributed by atoms with Gasteiger partial charge in [0.25, 0.3) is 0 Å². The fourth-order valence-corrected chi connectivity index (χ4v) is 1.89. The average Bonchev–Trinajstić information content (AvgIpc) is 2.36. The SMILES string of the molecule is Cc1cc(Oc2cncc(C=O)c2)cc(C)c1Br. The quantitative estimate of drug-likeness (QED) is 0.803. The van der Waals surface area contributed by atoms with E-state index in [0.29, 0.717) is 11.3 Å². The lowest BCUT2D eigenvalue weighted by Gasteiger charge is -2.09. The van der Waals surface area contributed by atoms with Crippen molar-refractivity contribution in [3.8, 4) is 11.5 Å². The molecule has 0 aliphatic carbocycles. The number of nitrogens with zero attached hydrogens (tertiary/aromatic N) is 1. The zero-order valence-corrected chi connectivity index (χ0v) is 11.7. The average molecular weight is 306 g/mol. The molecule has 3 nitrogen and oxygen atoms in total. The molecule has 18 heavy (non-hydrogen) atoms. The van der Waals surface area contributed by atoms with E-state index in [1.54, 1.807) is 12.3 Å². The molecule has 0 bridgehead atoms. The molecule has 0 unspecified atom stereocenters. The second-order valence-electron chi connectivity index (χ2n) is 4.04. The van der Waals surface area contributed by atoms with E-state index in [4.69, 9.17) is 4.74 Å². The van der Waals surface area contributed by atoms with Crippen molar-refractivity contribution in [3.05, 3.63) is 51.8 Å². The van der Waals surface area contributed by atoms with Gasteiger partial charge in [-0.2, -0.15) is 0 Å². The molecule has 0 aliphatic rings. The van der Waals surface area contributed by atoms with E-state index in [2.05, 4.69) is 20.9 Å². The number of rotatable bonds is 3. The van der Waals surface area contributed by atoms with Crippen LogP contribution in [0.4, 0.5) is 0 Å². The van der Waals surface area contributed by atoms with Crippen LogP contribution in [0.15, 0.2) is 35.1 Å². The number of carbonyl (C=O) groups is 1. The van der Waals surface area contributed by atoms with Gasteiger partial charge in [0.15, 0.2) is 6.29 Å². The van der Waals surface area contributed by atoms with Gasteiger partial charge in [0, 0.05) is 16.2 Å². The van der Waals surface area contributed by atoms with E-state index >= 15 is 0 Å². The number of hydrogen-bond donors (Lipinski definition) is 0. The summed E-state index contributed by atoms with van der Waals surface area (Å²) in [5, 5.41) is 0. The van der Waals surface area contributed by atoms with Crippen molar-refractivity contribution in [1.29, 1.82) is 0 Å². The fourth-order valence-electron chi connectivity index (χ4n) is 1.66. The Morgan fingerprint density at radius 2 is 1.78 bits per heavy atom. The Hall–Kier alpha value is -1.68. The molecule has 0 N–H and O–H groups in total. The number of aryl methyl sites for hydroxylation is 2. The summed E-state index contributed by atoms with van der Waals surface area (Å²) in [6.45, 7) is 4.01. The highest BCUT2D eigenvalue weighted by molar-refractivity contribution is 9.10. The standard InChI is InChI=1S/C14H12BrNO2/c1-9-3-12(4-10(2)14(9)15)18-13-5-11(8-17)6-16-7-13/h3-8H,1-2H3. The van der Waals surface area contributed by atoms with Crippen molar-refractivity contribution in [2.75, 3.05) is 0 Å². The van der Waals surface area contributed by atoms with Crippen molar-refractivity contribution in [2.45, 2.75) is 13.8 Å². The smallest absolute Gasteiger partial charge is 0.151 e. The van der Waals surface area contributed by atoms with Gasteiger partial charge in [-0.15, -0.1) is 0 Å².